The highest BCUT2D eigenvalue weighted by molar-refractivity contribution is 7.92. The average Bonchev–Trinajstić information content (AvgIpc) is 2.60. The van der Waals surface area contributed by atoms with E-state index in [1.165, 1.54) is 25.3 Å². The van der Waals surface area contributed by atoms with Crippen LogP contribution in [0.1, 0.15) is 18.1 Å². The van der Waals surface area contributed by atoms with Crippen LogP contribution in [0.25, 0.3) is 0 Å². The third kappa shape index (κ3) is 4.73. The lowest BCUT2D eigenvalue weighted by molar-refractivity contribution is -0.142. The van der Waals surface area contributed by atoms with Crippen LogP contribution in [0.15, 0.2) is 47.4 Å². The van der Waals surface area contributed by atoms with Gasteiger partial charge >= 0.3 is 5.97 Å². The number of hydrogen-bond acceptors (Lipinski definition) is 5. The summed E-state index contributed by atoms with van der Waals surface area (Å²) in [5.74, 6) is -0.0766. The molecule has 0 saturated heterocycles. The van der Waals surface area contributed by atoms with Gasteiger partial charge < -0.3 is 9.47 Å². The summed E-state index contributed by atoms with van der Waals surface area (Å²) in [6.45, 7) is 3.45. The summed E-state index contributed by atoms with van der Waals surface area (Å²) in [6.07, 6.45) is 0.720. The fourth-order valence-corrected chi connectivity index (χ4v) is 3.46. The van der Waals surface area contributed by atoms with Gasteiger partial charge in [0.1, 0.15) is 5.75 Å². The number of sulfonamides is 1. The van der Waals surface area contributed by atoms with Gasteiger partial charge in [0.25, 0.3) is 10.0 Å². The van der Waals surface area contributed by atoms with Gasteiger partial charge in [0, 0.05) is 0 Å². The van der Waals surface area contributed by atoms with E-state index in [9.17, 15) is 13.2 Å². The SMILES string of the molecule is CCc1ccccc1NS(=O)(=O)c1ccc(OCC(=O)OC)c(C)c1. The number of para-hydroxylation sites is 1. The van der Waals surface area contributed by atoms with E-state index in [0.717, 1.165) is 12.0 Å². The number of nitrogens with one attached hydrogen (secondary N) is 1. The molecule has 0 amide bonds. The number of ether oxygens (including phenoxy) is 2. The van der Waals surface area contributed by atoms with Crippen molar-refractivity contribution >= 4 is 21.7 Å². The Bertz CT molecular complexity index is 862. The Balaban J connectivity index is 2.22. The molecule has 0 radical (unpaired) electrons. The molecule has 0 aliphatic heterocycles. The summed E-state index contributed by atoms with van der Waals surface area (Å²) in [6, 6.07) is 11.7. The van der Waals surface area contributed by atoms with Gasteiger partial charge in [0.2, 0.25) is 0 Å². The summed E-state index contributed by atoms with van der Waals surface area (Å²) < 4.78 is 37.7. The van der Waals surface area contributed by atoms with Crippen molar-refractivity contribution in [2.75, 3.05) is 18.4 Å². The summed E-state index contributed by atoms with van der Waals surface area (Å²) in [5.41, 5.74) is 2.09. The number of hydrogen-bond donors (Lipinski definition) is 1. The molecule has 0 saturated carbocycles. The van der Waals surface area contributed by atoms with Gasteiger partial charge in [-0.2, -0.15) is 0 Å². The van der Waals surface area contributed by atoms with E-state index in [4.69, 9.17) is 4.74 Å². The highest BCUT2D eigenvalue weighted by Crippen LogP contribution is 2.25. The number of benzene rings is 2. The molecule has 1 N–H and O–H groups in total. The number of anilines is 1. The standard InChI is InChI=1S/C18H21NO5S/c1-4-14-7-5-6-8-16(14)19-25(21,22)15-9-10-17(13(2)11-15)24-12-18(20)23-3/h5-11,19H,4,12H2,1-3H3. The molecule has 2 rings (SSSR count). The molecule has 0 unspecified atom stereocenters. The highest BCUT2D eigenvalue weighted by Gasteiger charge is 2.17. The van der Waals surface area contributed by atoms with E-state index < -0.39 is 16.0 Å². The summed E-state index contributed by atoms with van der Waals surface area (Å²) >= 11 is 0. The summed E-state index contributed by atoms with van der Waals surface area (Å²) in [7, 11) is -2.45. The lowest BCUT2D eigenvalue weighted by Crippen LogP contribution is -2.15. The van der Waals surface area contributed by atoms with Crippen LogP contribution in [0.4, 0.5) is 5.69 Å². The molecular weight excluding hydrogens is 342 g/mol. The summed E-state index contributed by atoms with van der Waals surface area (Å²) in [5, 5.41) is 0. The Hall–Kier alpha value is -2.54. The van der Waals surface area contributed by atoms with Crippen LogP contribution in [0.2, 0.25) is 0 Å². The lowest BCUT2D eigenvalue weighted by Gasteiger charge is -2.13. The maximum Gasteiger partial charge on any atom is 0.343 e. The van der Waals surface area contributed by atoms with Crippen molar-refractivity contribution in [3.63, 3.8) is 0 Å². The number of aryl methyl sites for hydroxylation is 2. The second kappa shape index (κ2) is 8.02. The van der Waals surface area contributed by atoms with E-state index in [1.807, 2.05) is 19.1 Å². The van der Waals surface area contributed by atoms with Gasteiger partial charge in [0.15, 0.2) is 6.61 Å². The molecule has 2 aromatic rings. The minimum atomic E-state index is -3.72. The van der Waals surface area contributed by atoms with E-state index in [1.54, 1.807) is 19.1 Å². The van der Waals surface area contributed by atoms with Crippen molar-refractivity contribution in [1.82, 2.24) is 0 Å². The largest absolute Gasteiger partial charge is 0.482 e. The van der Waals surface area contributed by atoms with Gasteiger partial charge in [-0.15, -0.1) is 0 Å². The molecular formula is C18H21NO5S. The molecule has 0 fully saturated rings. The number of methoxy groups -OCH3 is 1. The Morgan fingerprint density at radius 3 is 2.52 bits per heavy atom. The zero-order valence-corrected chi connectivity index (χ0v) is 15.2. The van der Waals surface area contributed by atoms with E-state index in [0.29, 0.717) is 17.0 Å². The first-order valence-corrected chi connectivity index (χ1v) is 9.26. The van der Waals surface area contributed by atoms with Crippen molar-refractivity contribution in [3.8, 4) is 5.75 Å². The monoisotopic (exact) mass is 363 g/mol. The second-order valence-corrected chi connectivity index (χ2v) is 7.09. The first-order valence-electron chi connectivity index (χ1n) is 7.78. The van der Waals surface area contributed by atoms with Gasteiger partial charge in [-0.1, -0.05) is 25.1 Å². The van der Waals surface area contributed by atoms with Crippen LogP contribution >= 0.6 is 0 Å². The van der Waals surface area contributed by atoms with Crippen LogP contribution in [0, 0.1) is 6.92 Å². The normalized spacial score (nSPS) is 11.0. The molecule has 6 nitrogen and oxygen atoms in total. The lowest BCUT2D eigenvalue weighted by atomic mass is 10.1. The van der Waals surface area contributed by atoms with Crippen LogP contribution in [-0.2, 0) is 26.0 Å². The molecule has 0 aliphatic carbocycles. The highest BCUT2D eigenvalue weighted by atomic mass is 32.2. The fourth-order valence-electron chi connectivity index (χ4n) is 2.28. The minimum Gasteiger partial charge on any atom is -0.482 e. The minimum absolute atomic E-state index is 0.126. The van der Waals surface area contributed by atoms with Crippen molar-refractivity contribution in [1.29, 1.82) is 0 Å². The van der Waals surface area contributed by atoms with Crippen LogP contribution < -0.4 is 9.46 Å². The molecule has 7 heteroatoms. The number of esters is 1. The van der Waals surface area contributed by atoms with Crippen molar-refractivity contribution in [2.24, 2.45) is 0 Å². The van der Waals surface area contributed by atoms with Crippen molar-refractivity contribution in [3.05, 3.63) is 53.6 Å². The maximum atomic E-state index is 12.6. The van der Waals surface area contributed by atoms with Crippen LogP contribution in [0.5, 0.6) is 5.75 Å². The molecule has 0 heterocycles. The number of carbonyl (C=O) groups is 1. The first kappa shape index (κ1) is 18.8. The fraction of sp³-hybridized carbons (Fsp3) is 0.278. The molecule has 25 heavy (non-hydrogen) atoms. The predicted molar refractivity (Wildman–Crippen MR) is 95.3 cm³/mol. The third-order valence-electron chi connectivity index (χ3n) is 3.67. The summed E-state index contributed by atoms with van der Waals surface area (Å²) in [4.78, 5) is 11.3. The number of rotatable bonds is 7. The first-order chi connectivity index (χ1) is 11.9. The predicted octanol–water partition coefficient (Wildman–Crippen LogP) is 2.91. The zero-order valence-electron chi connectivity index (χ0n) is 14.4. The molecule has 134 valence electrons. The Labute approximate surface area is 147 Å². The molecule has 0 atom stereocenters. The maximum absolute atomic E-state index is 12.6. The van der Waals surface area contributed by atoms with Gasteiger partial charge in [-0.05, 0) is 48.7 Å². The second-order valence-electron chi connectivity index (χ2n) is 5.41. The molecule has 0 aromatic heterocycles. The van der Waals surface area contributed by atoms with Crippen LogP contribution in [0.3, 0.4) is 0 Å². The van der Waals surface area contributed by atoms with Crippen molar-refractivity contribution < 1.29 is 22.7 Å². The topological polar surface area (TPSA) is 81.7 Å². The van der Waals surface area contributed by atoms with E-state index in [-0.39, 0.29) is 11.5 Å². The molecule has 0 bridgehead atoms. The van der Waals surface area contributed by atoms with Crippen LogP contribution in [-0.4, -0.2) is 28.1 Å². The quantitative estimate of drug-likeness (QED) is 0.765. The Kier molecular flexibility index (Phi) is 6.03. The molecule has 2 aromatic carbocycles. The molecule has 0 aliphatic rings. The Morgan fingerprint density at radius 2 is 1.88 bits per heavy atom. The zero-order chi connectivity index (χ0) is 18.4. The van der Waals surface area contributed by atoms with Gasteiger partial charge in [-0.25, -0.2) is 13.2 Å². The van der Waals surface area contributed by atoms with E-state index in [2.05, 4.69) is 9.46 Å². The van der Waals surface area contributed by atoms with E-state index >= 15 is 0 Å². The average molecular weight is 363 g/mol. The third-order valence-corrected chi connectivity index (χ3v) is 5.04. The Morgan fingerprint density at radius 1 is 1.16 bits per heavy atom. The van der Waals surface area contributed by atoms with Gasteiger partial charge in [0.05, 0.1) is 17.7 Å². The smallest absolute Gasteiger partial charge is 0.343 e. The van der Waals surface area contributed by atoms with Gasteiger partial charge in [-0.3, -0.25) is 4.72 Å². The molecule has 0 spiro atoms. The number of carbonyl (C=O) groups excluding carboxylic acids is 1. The van der Waals surface area contributed by atoms with Crippen molar-refractivity contribution in [2.45, 2.75) is 25.2 Å².